The summed E-state index contributed by atoms with van der Waals surface area (Å²) in [6.07, 6.45) is 8.79. The summed E-state index contributed by atoms with van der Waals surface area (Å²) in [4.78, 5) is 60.9. The molecule has 2 aromatic rings. The Bertz CT molecular complexity index is 2150. The van der Waals surface area contributed by atoms with E-state index >= 15 is 0 Å². The highest BCUT2D eigenvalue weighted by Crippen LogP contribution is 2.77. The van der Waals surface area contributed by atoms with Crippen molar-refractivity contribution in [3.05, 3.63) is 50.5 Å². The van der Waals surface area contributed by atoms with E-state index in [0.29, 0.717) is 42.9 Å². The van der Waals surface area contributed by atoms with Gasteiger partial charge >= 0.3 is 11.9 Å². The van der Waals surface area contributed by atoms with E-state index in [1.807, 2.05) is 18.8 Å². The van der Waals surface area contributed by atoms with Crippen LogP contribution in [0.4, 0.5) is 0 Å². The van der Waals surface area contributed by atoms with Crippen LogP contribution >= 0.6 is 11.6 Å². The van der Waals surface area contributed by atoms with Crippen LogP contribution in [0.2, 0.25) is 5.02 Å². The van der Waals surface area contributed by atoms with Crippen molar-refractivity contribution < 1.29 is 29.0 Å². The molecule has 5 aliphatic rings. The van der Waals surface area contributed by atoms with Crippen molar-refractivity contribution in [3.63, 3.8) is 0 Å². The summed E-state index contributed by atoms with van der Waals surface area (Å²) in [5.41, 5.74) is 0.226. The molecule has 0 saturated heterocycles. The number of methoxy groups -OCH3 is 1. The Morgan fingerprint density at radius 2 is 1.68 bits per heavy atom. The number of hydrogen-bond donors (Lipinski definition) is 1. The second kappa shape index (κ2) is 15.1. The number of Topliss-reactive ketones (excluding diaryl/α,β-unsaturated/α-hetero) is 1. The van der Waals surface area contributed by atoms with Gasteiger partial charge in [-0.05, 0) is 143 Å². The molecule has 0 aromatic carbocycles. The summed E-state index contributed by atoms with van der Waals surface area (Å²) >= 11 is 7.36. The molecule has 2 aromatic heterocycles. The number of nitrogens with zero attached hydrogens (tertiary/aromatic N) is 4. The second-order valence-corrected chi connectivity index (χ2v) is 22.1. The lowest BCUT2D eigenvalue weighted by Gasteiger charge is -2.72. The molecular weight excluding hydrogens is 780 g/mol. The van der Waals surface area contributed by atoms with Gasteiger partial charge in [0.05, 0.1) is 37.4 Å². The first-order chi connectivity index (χ1) is 27.9. The van der Waals surface area contributed by atoms with Gasteiger partial charge in [0.25, 0.3) is 5.56 Å². The molecular formula is C48H69ClN4O7. The third-order valence-corrected chi connectivity index (χ3v) is 17.6. The van der Waals surface area contributed by atoms with E-state index in [0.717, 1.165) is 62.6 Å². The van der Waals surface area contributed by atoms with E-state index in [2.05, 4.69) is 58.4 Å². The van der Waals surface area contributed by atoms with E-state index in [-0.39, 0.29) is 62.4 Å². The molecule has 0 amide bonds. The summed E-state index contributed by atoms with van der Waals surface area (Å²) in [5, 5.41) is 9.85. The van der Waals surface area contributed by atoms with Gasteiger partial charge in [-0.25, -0.2) is 4.98 Å². The van der Waals surface area contributed by atoms with Crippen LogP contribution in [-0.2, 0) is 31.1 Å². The van der Waals surface area contributed by atoms with Crippen LogP contribution in [0.25, 0.3) is 5.82 Å². The number of carbonyl (C=O) groups excluding carboxylic acids is 2. The standard InChI is InChI=1S/C48H69ClN4O7/c1-28(2)37-31(54)25-48(40-39(49)41(56)53(52(40)24-23-51(10)11)35-16-13-29(59-12)27-50-35)22-21-46(8)30(38(37)48)14-15-33-45(7)19-18-34(60-36(55)26-43(3,4)42(57)58)44(5,6)32(45)17-20-47(33,46)9/h13,16,27-28,30,32-34H,14-15,17-26H2,1-12H3,(H,57,58)/t30?,32-,33+,34-,45-,46+,47+,48+/m0/s1. The SMILES string of the molecule is COc1ccc(-n2c(=O)c(Cl)c([C@@]34CC[C@]5(C)C(CC[C@@H]6[C@@]7(C)CC[C@H](OC(=O)CC(C)(C)C(=O)O)C(C)(C)[C@@H]7CC[C@]65C)C3=C(C(C)C)C(=O)C4)n2CCN(C)C)nc1. The lowest BCUT2D eigenvalue weighted by molar-refractivity contribution is -0.232. The smallest absolute Gasteiger partial charge is 0.309 e. The lowest BCUT2D eigenvalue weighted by atomic mass is 9.33. The molecule has 0 radical (unpaired) electrons. The van der Waals surface area contributed by atoms with E-state index in [9.17, 15) is 24.3 Å². The van der Waals surface area contributed by atoms with Gasteiger partial charge in [0.15, 0.2) is 11.6 Å². The molecule has 8 atom stereocenters. The molecule has 2 heterocycles. The Morgan fingerprint density at radius 1 is 0.983 bits per heavy atom. The minimum Gasteiger partial charge on any atom is -0.495 e. The minimum absolute atomic E-state index is 0.00155. The van der Waals surface area contributed by atoms with Gasteiger partial charge in [-0.2, -0.15) is 4.68 Å². The summed E-state index contributed by atoms with van der Waals surface area (Å²) in [7, 11) is 5.62. The molecule has 4 fully saturated rings. The van der Waals surface area contributed by atoms with Crippen LogP contribution in [0.15, 0.2) is 34.3 Å². The molecule has 7 rings (SSSR count). The van der Waals surface area contributed by atoms with Gasteiger partial charge in [-0.1, -0.05) is 60.1 Å². The molecule has 330 valence electrons. The number of carbonyl (C=O) groups is 3. The highest BCUT2D eigenvalue weighted by Gasteiger charge is 2.71. The summed E-state index contributed by atoms with van der Waals surface area (Å²) in [5.74, 6) is 0.665. The number of halogens is 1. The predicted octanol–water partition coefficient (Wildman–Crippen LogP) is 8.90. The number of carboxylic acids is 1. The highest BCUT2D eigenvalue weighted by atomic mass is 35.5. The van der Waals surface area contributed by atoms with E-state index < -0.39 is 22.8 Å². The number of aromatic nitrogens is 3. The predicted molar refractivity (Wildman–Crippen MR) is 233 cm³/mol. The molecule has 0 spiro atoms. The number of likely N-dealkylation sites (N-methyl/N-ethyl adjacent to an activating group) is 1. The molecule has 4 saturated carbocycles. The molecule has 12 heteroatoms. The van der Waals surface area contributed by atoms with Crippen molar-refractivity contribution >= 4 is 29.3 Å². The monoisotopic (exact) mass is 848 g/mol. The maximum Gasteiger partial charge on any atom is 0.309 e. The average molecular weight is 850 g/mol. The molecule has 1 N–H and O–H groups in total. The highest BCUT2D eigenvalue weighted by molar-refractivity contribution is 6.31. The van der Waals surface area contributed by atoms with Gasteiger partial charge in [-0.15, -0.1) is 0 Å². The number of esters is 1. The zero-order chi connectivity index (χ0) is 44.1. The van der Waals surface area contributed by atoms with Crippen LogP contribution in [0.5, 0.6) is 5.75 Å². The van der Waals surface area contributed by atoms with Crippen molar-refractivity contribution in [1.29, 1.82) is 0 Å². The van der Waals surface area contributed by atoms with E-state index in [1.165, 1.54) is 5.57 Å². The number of fused-ring (bicyclic) bond motifs is 7. The number of pyridine rings is 1. The number of allylic oxidation sites excluding steroid dienone is 2. The average Bonchev–Trinajstić information content (AvgIpc) is 3.61. The number of aliphatic carboxylic acids is 1. The number of hydrogen-bond acceptors (Lipinski definition) is 8. The van der Waals surface area contributed by atoms with Crippen LogP contribution in [0.1, 0.15) is 132 Å². The maximum atomic E-state index is 14.7. The molecule has 0 aliphatic heterocycles. The molecule has 0 bridgehead atoms. The quantitative estimate of drug-likeness (QED) is 0.220. The fourth-order valence-electron chi connectivity index (χ4n) is 14.1. The third-order valence-electron chi connectivity index (χ3n) is 17.3. The van der Waals surface area contributed by atoms with E-state index in [1.54, 1.807) is 44.0 Å². The van der Waals surface area contributed by atoms with Crippen molar-refractivity contribution in [2.75, 3.05) is 27.7 Å². The van der Waals surface area contributed by atoms with Crippen molar-refractivity contribution in [2.45, 2.75) is 145 Å². The second-order valence-electron chi connectivity index (χ2n) is 21.7. The van der Waals surface area contributed by atoms with E-state index in [4.69, 9.17) is 21.1 Å². The number of carboxylic acid groups (broad SMARTS) is 1. The largest absolute Gasteiger partial charge is 0.495 e. The number of ether oxygens (including phenoxy) is 2. The summed E-state index contributed by atoms with van der Waals surface area (Å²) < 4.78 is 15.2. The summed E-state index contributed by atoms with van der Waals surface area (Å²) in [6, 6.07) is 3.59. The van der Waals surface area contributed by atoms with Gasteiger partial charge in [0.1, 0.15) is 16.9 Å². The first kappa shape index (κ1) is 44.6. The van der Waals surface area contributed by atoms with Crippen molar-refractivity contribution in [1.82, 2.24) is 19.2 Å². The molecule has 11 nitrogen and oxygen atoms in total. The third kappa shape index (κ3) is 6.55. The normalized spacial score (nSPS) is 33.6. The van der Waals surface area contributed by atoms with Crippen LogP contribution < -0.4 is 10.3 Å². The Hall–Kier alpha value is -3.44. The summed E-state index contributed by atoms with van der Waals surface area (Å²) in [6.45, 7) is 20.7. The first-order valence-electron chi connectivity index (χ1n) is 22.3. The van der Waals surface area contributed by atoms with Gasteiger partial charge < -0.3 is 19.5 Å². The van der Waals surface area contributed by atoms with Crippen molar-refractivity contribution in [3.8, 4) is 11.6 Å². The van der Waals surface area contributed by atoms with Crippen LogP contribution in [0.3, 0.4) is 0 Å². The van der Waals surface area contributed by atoms with Gasteiger partial charge in [-0.3, -0.25) is 23.9 Å². The van der Waals surface area contributed by atoms with Crippen molar-refractivity contribution in [2.24, 2.45) is 50.7 Å². The maximum absolute atomic E-state index is 14.7. The van der Waals surface area contributed by atoms with Crippen LogP contribution in [-0.4, -0.2) is 75.9 Å². The fraction of sp³-hybridized carbons (Fsp3) is 0.729. The Morgan fingerprint density at radius 3 is 2.28 bits per heavy atom. The Kier molecular flexibility index (Phi) is 11.2. The Labute approximate surface area is 361 Å². The Balaban J connectivity index is 1.29. The number of ketones is 1. The zero-order valence-electron chi connectivity index (χ0n) is 38.2. The topological polar surface area (TPSA) is 133 Å². The van der Waals surface area contributed by atoms with Crippen LogP contribution in [0, 0.1) is 50.7 Å². The lowest BCUT2D eigenvalue weighted by Crippen LogP contribution is -2.66. The fourth-order valence-corrected chi connectivity index (χ4v) is 14.4. The number of rotatable bonds is 11. The minimum atomic E-state index is -1.19. The molecule has 1 unspecified atom stereocenters. The molecule has 60 heavy (non-hydrogen) atoms. The first-order valence-corrected chi connectivity index (χ1v) is 22.7. The van der Waals surface area contributed by atoms with Gasteiger partial charge in [0.2, 0.25) is 0 Å². The molecule has 5 aliphatic carbocycles. The van der Waals surface area contributed by atoms with Gasteiger partial charge in [0, 0.05) is 23.8 Å². The zero-order valence-corrected chi connectivity index (χ0v) is 38.9.